The molecule has 6 heteroatoms. The Bertz CT molecular complexity index is 578. The minimum absolute atomic E-state index is 0.0127. The standard InChI is InChI=1S/C18H31N5O/c1-13(2)11-23-17(14-7-8-14)16(10-19-23)20-18(24)22(4)15-6-5-9-21(3)12-15/h10,13-15H,5-9,11-12H2,1-4H3,(H,20,24). The highest BCUT2D eigenvalue weighted by molar-refractivity contribution is 5.90. The molecule has 134 valence electrons. The van der Waals surface area contributed by atoms with Crippen LogP contribution in [-0.2, 0) is 6.54 Å². The second kappa shape index (κ2) is 7.13. The normalized spacial score (nSPS) is 22.0. The Kier molecular flexibility index (Phi) is 5.13. The van der Waals surface area contributed by atoms with Gasteiger partial charge in [-0.2, -0.15) is 5.10 Å². The zero-order valence-corrected chi connectivity index (χ0v) is 15.5. The van der Waals surface area contributed by atoms with Gasteiger partial charge in [0, 0.05) is 32.1 Å². The molecule has 1 saturated heterocycles. The molecule has 6 nitrogen and oxygen atoms in total. The van der Waals surface area contributed by atoms with Gasteiger partial charge in [-0.3, -0.25) is 4.68 Å². The highest BCUT2D eigenvalue weighted by atomic mass is 16.2. The van der Waals surface area contributed by atoms with Crippen molar-refractivity contribution in [2.24, 2.45) is 5.92 Å². The quantitative estimate of drug-likeness (QED) is 0.901. The third-order valence-corrected chi connectivity index (χ3v) is 5.09. The van der Waals surface area contributed by atoms with E-state index in [2.05, 4.69) is 40.9 Å². The number of piperidine rings is 1. The Morgan fingerprint density at radius 1 is 1.42 bits per heavy atom. The van der Waals surface area contributed by atoms with Crippen molar-refractivity contribution in [3.05, 3.63) is 11.9 Å². The van der Waals surface area contributed by atoms with E-state index < -0.39 is 0 Å². The summed E-state index contributed by atoms with van der Waals surface area (Å²) in [5, 5.41) is 7.65. The summed E-state index contributed by atoms with van der Waals surface area (Å²) < 4.78 is 2.09. The summed E-state index contributed by atoms with van der Waals surface area (Å²) in [5.41, 5.74) is 2.12. The molecule has 0 aromatic carbocycles. The smallest absolute Gasteiger partial charge is 0.321 e. The van der Waals surface area contributed by atoms with Crippen LogP contribution >= 0.6 is 0 Å². The van der Waals surface area contributed by atoms with Crippen LogP contribution in [0.5, 0.6) is 0 Å². The lowest BCUT2D eigenvalue weighted by Gasteiger charge is -2.35. The van der Waals surface area contributed by atoms with Gasteiger partial charge in [0.2, 0.25) is 0 Å². The summed E-state index contributed by atoms with van der Waals surface area (Å²) in [7, 11) is 4.04. The van der Waals surface area contributed by atoms with Gasteiger partial charge in [-0.05, 0) is 45.2 Å². The first kappa shape index (κ1) is 17.3. The molecular weight excluding hydrogens is 302 g/mol. The summed E-state index contributed by atoms with van der Waals surface area (Å²) in [4.78, 5) is 16.9. The first-order chi connectivity index (χ1) is 11.5. The van der Waals surface area contributed by atoms with E-state index in [0.29, 0.717) is 17.9 Å². The number of aromatic nitrogens is 2. The lowest BCUT2D eigenvalue weighted by atomic mass is 10.1. The van der Waals surface area contributed by atoms with Gasteiger partial charge in [0.05, 0.1) is 17.6 Å². The molecule has 0 spiro atoms. The SMILES string of the molecule is CC(C)Cn1ncc(NC(=O)N(C)C2CCCN(C)C2)c1C1CC1. The fraction of sp³-hybridized carbons (Fsp3) is 0.778. The highest BCUT2D eigenvalue weighted by Crippen LogP contribution is 2.43. The Morgan fingerprint density at radius 2 is 2.17 bits per heavy atom. The Labute approximate surface area is 145 Å². The van der Waals surface area contributed by atoms with E-state index in [0.717, 1.165) is 38.2 Å². The highest BCUT2D eigenvalue weighted by Gasteiger charge is 2.32. The minimum atomic E-state index is -0.0127. The molecule has 1 aliphatic heterocycles. The van der Waals surface area contributed by atoms with E-state index in [4.69, 9.17) is 0 Å². The number of likely N-dealkylation sites (tertiary alicyclic amines) is 1. The molecular formula is C18H31N5O. The molecule has 1 saturated carbocycles. The maximum absolute atomic E-state index is 12.7. The zero-order valence-electron chi connectivity index (χ0n) is 15.5. The van der Waals surface area contributed by atoms with Gasteiger partial charge in [0.15, 0.2) is 0 Å². The van der Waals surface area contributed by atoms with Gasteiger partial charge in [-0.15, -0.1) is 0 Å². The van der Waals surface area contributed by atoms with E-state index in [1.54, 1.807) is 0 Å². The lowest BCUT2D eigenvalue weighted by Crippen LogP contribution is -2.48. The maximum Gasteiger partial charge on any atom is 0.321 e. The van der Waals surface area contributed by atoms with Gasteiger partial charge in [0.1, 0.15) is 0 Å². The predicted molar refractivity (Wildman–Crippen MR) is 96.3 cm³/mol. The van der Waals surface area contributed by atoms with Crippen LogP contribution in [0.25, 0.3) is 0 Å². The number of urea groups is 1. The second-order valence-corrected chi connectivity index (χ2v) is 7.89. The fourth-order valence-electron chi connectivity index (χ4n) is 3.59. The number of hydrogen-bond acceptors (Lipinski definition) is 3. The second-order valence-electron chi connectivity index (χ2n) is 7.89. The number of anilines is 1. The zero-order chi connectivity index (χ0) is 17.3. The molecule has 1 unspecified atom stereocenters. The molecule has 3 rings (SSSR count). The van der Waals surface area contributed by atoms with Gasteiger partial charge < -0.3 is 15.1 Å². The van der Waals surface area contributed by atoms with Crippen LogP contribution in [0, 0.1) is 5.92 Å². The lowest BCUT2D eigenvalue weighted by molar-refractivity contribution is 0.148. The Morgan fingerprint density at radius 3 is 2.79 bits per heavy atom. The number of hydrogen-bond donors (Lipinski definition) is 1. The van der Waals surface area contributed by atoms with E-state index in [9.17, 15) is 4.79 Å². The number of nitrogens with zero attached hydrogens (tertiary/aromatic N) is 4. The van der Waals surface area contributed by atoms with Crippen LogP contribution in [0.3, 0.4) is 0 Å². The van der Waals surface area contributed by atoms with Gasteiger partial charge >= 0.3 is 6.03 Å². The van der Waals surface area contributed by atoms with Crippen LogP contribution in [0.4, 0.5) is 10.5 Å². The summed E-state index contributed by atoms with van der Waals surface area (Å²) in [6, 6.07) is 0.278. The third-order valence-electron chi connectivity index (χ3n) is 5.09. The predicted octanol–water partition coefficient (Wildman–Crippen LogP) is 2.97. The molecule has 2 heterocycles. The first-order valence-electron chi connectivity index (χ1n) is 9.23. The Hall–Kier alpha value is -1.56. The largest absolute Gasteiger partial charge is 0.323 e. The number of likely N-dealkylation sites (N-methyl/N-ethyl adjacent to an activating group) is 2. The van der Waals surface area contributed by atoms with Crippen molar-refractivity contribution in [2.75, 3.05) is 32.5 Å². The van der Waals surface area contributed by atoms with E-state index in [1.807, 2.05) is 18.1 Å². The molecule has 1 atom stereocenters. The topological polar surface area (TPSA) is 53.4 Å². The van der Waals surface area contributed by atoms with E-state index >= 15 is 0 Å². The van der Waals surface area contributed by atoms with E-state index in [1.165, 1.54) is 18.5 Å². The number of carbonyl (C=O) groups excluding carboxylic acids is 1. The van der Waals surface area contributed by atoms with E-state index in [-0.39, 0.29) is 6.03 Å². The first-order valence-corrected chi connectivity index (χ1v) is 9.23. The molecule has 24 heavy (non-hydrogen) atoms. The summed E-state index contributed by atoms with van der Waals surface area (Å²) >= 11 is 0. The molecule has 0 radical (unpaired) electrons. The summed E-state index contributed by atoms with van der Waals surface area (Å²) in [5.74, 6) is 1.11. The number of amides is 2. The van der Waals surface area contributed by atoms with Gasteiger partial charge in [-0.1, -0.05) is 13.8 Å². The van der Waals surface area contributed by atoms with Crippen LogP contribution in [0.1, 0.15) is 51.1 Å². The van der Waals surface area contributed by atoms with Crippen molar-refractivity contribution in [1.29, 1.82) is 0 Å². The minimum Gasteiger partial charge on any atom is -0.323 e. The van der Waals surface area contributed by atoms with Crippen molar-refractivity contribution in [3.8, 4) is 0 Å². The number of nitrogens with one attached hydrogen (secondary N) is 1. The van der Waals surface area contributed by atoms with Crippen LogP contribution in [0.15, 0.2) is 6.20 Å². The van der Waals surface area contributed by atoms with Crippen molar-refractivity contribution < 1.29 is 4.79 Å². The third kappa shape index (κ3) is 3.91. The summed E-state index contributed by atoms with van der Waals surface area (Å²) in [6.45, 7) is 7.38. The molecule has 1 aliphatic carbocycles. The van der Waals surface area contributed by atoms with Crippen molar-refractivity contribution in [2.45, 2.75) is 58.0 Å². The van der Waals surface area contributed by atoms with Crippen LogP contribution in [-0.4, -0.2) is 58.8 Å². The molecule has 1 N–H and O–H groups in total. The fourth-order valence-corrected chi connectivity index (χ4v) is 3.59. The molecule has 0 bridgehead atoms. The monoisotopic (exact) mass is 333 g/mol. The van der Waals surface area contributed by atoms with Crippen molar-refractivity contribution >= 4 is 11.7 Å². The molecule has 1 aromatic heterocycles. The average Bonchev–Trinajstić information content (AvgIpc) is 3.29. The van der Waals surface area contributed by atoms with Gasteiger partial charge in [0.25, 0.3) is 0 Å². The van der Waals surface area contributed by atoms with Crippen molar-refractivity contribution in [1.82, 2.24) is 19.6 Å². The average molecular weight is 333 g/mol. The van der Waals surface area contributed by atoms with Gasteiger partial charge in [-0.25, -0.2) is 4.79 Å². The maximum atomic E-state index is 12.7. The van der Waals surface area contributed by atoms with Crippen LogP contribution < -0.4 is 5.32 Å². The molecule has 2 aliphatic rings. The number of carbonyl (C=O) groups is 1. The van der Waals surface area contributed by atoms with Crippen molar-refractivity contribution in [3.63, 3.8) is 0 Å². The Balaban J connectivity index is 1.68. The number of rotatable bonds is 5. The summed E-state index contributed by atoms with van der Waals surface area (Å²) in [6.07, 6.45) is 6.47. The molecule has 2 amide bonds. The van der Waals surface area contributed by atoms with Crippen LogP contribution in [0.2, 0.25) is 0 Å². The molecule has 1 aromatic rings. The molecule has 2 fully saturated rings.